The van der Waals surface area contributed by atoms with Crippen LogP contribution in [0.3, 0.4) is 0 Å². The first-order chi connectivity index (χ1) is 14.1. The third-order valence-electron chi connectivity index (χ3n) is 4.68. The average molecular weight is 410 g/mol. The number of hydrogen-bond acceptors (Lipinski definition) is 5. The molecule has 0 atom stereocenters. The van der Waals surface area contributed by atoms with Crippen LogP contribution in [0.5, 0.6) is 5.75 Å². The van der Waals surface area contributed by atoms with Gasteiger partial charge < -0.3 is 14.1 Å². The number of carbonyl (C=O) groups excluding carboxylic acids is 1. The Morgan fingerprint density at radius 1 is 1.21 bits per heavy atom. The Morgan fingerprint density at radius 3 is 2.66 bits per heavy atom. The van der Waals surface area contributed by atoms with Crippen LogP contribution in [-0.2, 0) is 11.3 Å². The van der Waals surface area contributed by atoms with Gasteiger partial charge in [0.15, 0.2) is 0 Å². The van der Waals surface area contributed by atoms with Crippen LogP contribution in [-0.4, -0.2) is 34.2 Å². The molecular weight excluding hydrogens is 390 g/mol. The van der Waals surface area contributed by atoms with Crippen molar-refractivity contribution in [2.45, 2.75) is 25.4 Å². The summed E-state index contributed by atoms with van der Waals surface area (Å²) in [5.41, 5.74) is 1.60. The summed E-state index contributed by atoms with van der Waals surface area (Å²) in [5, 5.41) is 8.72. The molecule has 1 saturated carbocycles. The highest BCUT2D eigenvalue weighted by molar-refractivity contribution is 6.33. The Morgan fingerprint density at radius 2 is 1.97 bits per heavy atom. The minimum atomic E-state index is -0.0826. The summed E-state index contributed by atoms with van der Waals surface area (Å²) in [4.78, 5) is 14.5. The first-order valence-corrected chi connectivity index (χ1v) is 9.72. The van der Waals surface area contributed by atoms with Crippen LogP contribution in [0.15, 0.2) is 59.0 Å². The topological polar surface area (TPSA) is 68.5 Å². The lowest BCUT2D eigenvalue weighted by atomic mass is 10.2. The Balaban J connectivity index is 1.46. The Kier molecular flexibility index (Phi) is 5.62. The molecule has 1 aromatic heterocycles. The number of nitrogens with zero attached hydrogens (tertiary/aromatic N) is 3. The van der Waals surface area contributed by atoms with Crippen LogP contribution < -0.4 is 4.74 Å². The SMILES string of the molecule is COc1ccc(/C=C/C(=O)N(Cc2nnc(-c3ccccc3Cl)o2)C2CC2)cc1. The highest BCUT2D eigenvalue weighted by Gasteiger charge is 2.32. The molecule has 1 amide bonds. The summed E-state index contributed by atoms with van der Waals surface area (Å²) < 4.78 is 10.9. The number of halogens is 1. The van der Waals surface area contributed by atoms with E-state index in [0.717, 1.165) is 24.2 Å². The van der Waals surface area contributed by atoms with E-state index in [0.29, 0.717) is 22.4 Å². The van der Waals surface area contributed by atoms with Gasteiger partial charge in [-0.15, -0.1) is 10.2 Å². The van der Waals surface area contributed by atoms with Crippen molar-refractivity contribution in [3.8, 4) is 17.2 Å². The van der Waals surface area contributed by atoms with Gasteiger partial charge >= 0.3 is 0 Å². The van der Waals surface area contributed by atoms with Crippen molar-refractivity contribution in [3.63, 3.8) is 0 Å². The molecule has 0 N–H and O–H groups in total. The standard InChI is InChI=1S/C22H20ClN3O3/c1-28-17-11-6-15(7-12-17)8-13-21(27)26(16-9-10-16)14-20-24-25-22(29-20)18-4-2-3-5-19(18)23/h2-8,11-13,16H,9-10,14H2,1H3/b13-8+. The average Bonchev–Trinajstić information content (AvgIpc) is 3.49. The number of hydrogen-bond donors (Lipinski definition) is 0. The maximum atomic E-state index is 12.8. The third kappa shape index (κ3) is 4.66. The molecule has 0 spiro atoms. The summed E-state index contributed by atoms with van der Waals surface area (Å²) in [6.45, 7) is 0.272. The molecule has 3 aromatic rings. The van der Waals surface area contributed by atoms with E-state index < -0.39 is 0 Å². The van der Waals surface area contributed by atoms with E-state index in [2.05, 4.69) is 10.2 Å². The van der Waals surface area contributed by atoms with Gasteiger partial charge in [-0.05, 0) is 48.7 Å². The quantitative estimate of drug-likeness (QED) is 0.533. The zero-order chi connectivity index (χ0) is 20.2. The fourth-order valence-electron chi connectivity index (χ4n) is 2.96. The molecule has 0 aliphatic heterocycles. The second kappa shape index (κ2) is 8.49. The van der Waals surface area contributed by atoms with Gasteiger partial charge in [0, 0.05) is 12.1 Å². The molecule has 1 fully saturated rings. The molecule has 0 bridgehead atoms. The van der Waals surface area contributed by atoms with Gasteiger partial charge in [-0.1, -0.05) is 35.9 Å². The van der Waals surface area contributed by atoms with Gasteiger partial charge in [0.05, 0.1) is 24.2 Å². The van der Waals surface area contributed by atoms with Gasteiger partial charge in [0.25, 0.3) is 0 Å². The predicted octanol–water partition coefficient (Wildman–Crippen LogP) is 4.60. The van der Waals surface area contributed by atoms with Crippen LogP contribution in [0.1, 0.15) is 24.3 Å². The van der Waals surface area contributed by atoms with E-state index in [1.54, 1.807) is 30.2 Å². The summed E-state index contributed by atoms with van der Waals surface area (Å²) in [6, 6.07) is 15.0. The minimum absolute atomic E-state index is 0.0826. The highest BCUT2D eigenvalue weighted by Crippen LogP contribution is 2.30. The van der Waals surface area contributed by atoms with E-state index in [4.69, 9.17) is 20.8 Å². The van der Waals surface area contributed by atoms with E-state index in [-0.39, 0.29) is 18.5 Å². The fraction of sp³-hybridized carbons (Fsp3) is 0.227. The van der Waals surface area contributed by atoms with Gasteiger partial charge in [-0.25, -0.2) is 0 Å². The van der Waals surface area contributed by atoms with E-state index in [1.165, 1.54) is 0 Å². The van der Waals surface area contributed by atoms with Crippen molar-refractivity contribution in [1.29, 1.82) is 0 Å². The van der Waals surface area contributed by atoms with Crippen molar-refractivity contribution < 1.29 is 13.9 Å². The number of methoxy groups -OCH3 is 1. The number of rotatable bonds is 7. The largest absolute Gasteiger partial charge is 0.497 e. The van der Waals surface area contributed by atoms with Crippen LogP contribution in [0, 0.1) is 0 Å². The van der Waals surface area contributed by atoms with Crippen LogP contribution >= 0.6 is 11.6 Å². The first kappa shape index (κ1) is 19.2. The van der Waals surface area contributed by atoms with Crippen LogP contribution in [0.2, 0.25) is 5.02 Å². The second-order valence-corrected chi connectivity index (χ2v) is 7.19. The molecule has 1 heterocycles. The number of aromatic nitrogens is 2. The number of benzene rings is 2. The van der Waals surface area contributed by atoms with Gasteiger partial charge in [0.2, 0.25) is 17.7 Å². The smallest absolute Gasteiger partial charge is 0.249 e. The lowest BCUT2D eigenvalue weighted by Crippen LogP contribution is -2.31. The lowest BCUT2D eigenvalue weighted by Gasteiger charge is -2.18. The summed E-state index contributed by atoms with van der Waals surface area (Å²) in [7, 11) is 1.62. The molecule has 2 aromatic carbocycles. The van der Waals surface area contributed by atoms with Crippen molar-refractivity contribution in [3.05, 3.63) is 71.1 Å². The molecule has 6 nitrogen and oxygen atoms in total. The molecule has 0 radical (unpaired) electrons. The van der Waals surface area contributed by atoms with Gasteiger partial charge in [-0.3, -0.25) is 4.79 Å². The van der Waals surface area contributed by atoms with Crippen molar-refractivity contribution in [2.24, 2.45) is 0 Å². The third-order valence-corrected chi connectivity index (χ3v) is 5.01. The summed E-state index contributed by atoms with van der Waals surface area (Å²) in [6.07, 6.45) is 5.33. The van der Waals surface area contributed by atoms with Crippen molar-refractivity contribution in [1.82, 2.24) is 15.1 Å². The Labute approximate surface area is 173 Å². The van der Waals surface area contributed by atoms with E-state index in [1.807, 2.05) is 42.5 Å². The molecule has 1 aliphatic rings. The second-order valence-electron chi connectivity index (χ2n) is 6.78. The fourth-order valence-corrected chi connectivity index (χ4v) is 3.17. The van der Waals surface area contributed by atoms with E-state index >= 15 is 0 Å². The molecule has 7 heteroatoms. The number of carbonyl (C=O) groups is 1. The van der Waals surface area contributed by atoms with Gasteiger partial charge in [0.1, 0.15) is 5.75 Å². The molecule has 0 unspecified atom stereocenters. The van der Waals surface area contributed by atoms with Crippen LogP contribution in [0.4, 0.5) is 0 Å². The van der Waals surface area contributed by atoms with Crippen LogP contribution in [0.25, 0.3) is 17.5 Å². The highest BCUT2D eigenvalue weighted by atomic mass is 35.5. The molecule has 0 saturated heterocycles. The predicted molar refractivity (Wildman–Crippen MR) is 110 cm³/mol. The summed E-state index contributed by atoms with van der Waals surface area (Å²) in [5.74, 6) is 1.43. The molecule has 148 valence electrons. The molecular formula is C22H20ClN3O3. The van der Waals surface area contributed by atoms with Crippen molar-refractivity contribution in [2.75, 3.05) is 7.11 Å². The molecule has 4 rings (SSSR count). The number of ether oxygens (including phenoxy) is 1. The summed E-state index contributed by atoms with van der Waals surface area (Å²) >= 11 is 6.19. The monoisotopic (exact) mass is 409 g/mol. The van der Waals surface area contributed by atoms with Crippen molar-refractivity contribution >= 4 is 23.6 Å². The Bertz CT molecular complexity index is 1030. The maximum absolute atomic E-state index is 12.8. The van der Waals surface area contributed by atoms with Gasteiger partial charge in [-0.2, -0.15) is 0 Å². The lowest BCUT2D eigenvalue weighted by molar-refractivity contribution is -0.127. The number of amides is 1. The zero-order valence-corrected chi connectivity index (χ0v) is 16.7. The van der Waals surface area contributed by atoms with E-state index in [9.17, 15) is 4.79 Å². The maximum Gasteiger partial charge on any atom is 0.249 e. The minimum Gasteiger partial charge on any atom is -0.497 e. The Hall–Kier alpha value is -3.12. The normalized spacial score (nSPS) is 13.6. The molecule has 29 heavy (non-hydrogen) atoms. The zero-order valence-electron chi connectivity index (χ0n) is 15.9. The first-order valence-electron chi connectivity index (χ1n) is 9.34. The molecule has 1 aliphatic carbocycles.